The fourth-order valence-corrected chi connectivity index (χ4v) is 13.4. The molecule has 0 aliphatic heterocycles. The summed E-state index contributed by atoms with van der Waals surface area (Å²) in [5.41, 5.74) is 0. The Balaban J connectivity index is 6.56. The Morgan fingerprint density at radius 1 is 0.237 bits per heavy atom. The van der Waals surface area contributed by atoms with Gasteiger partial charge in [0, 0.05) is 75.5 Å². The zero-order chi connectivity index (χ0) is 68.7. The van der Waals surface area contributed by atoms with Gasteiger partial charge in [-0.25, -0.2) is 0 Å². The number of unbranched alkanes of at least 4 members (excludes halogenated alkanes) is 36. The van der Waals surface area contributed by atoms with Gasteiger partial charge in [-0.15, -0.1) is 0 Å². The average molecular weight is 1320 g/mol. The lowest BCUT2D eigenvalue weighted by Crippen LogP contribution is -2.53. The maximum absolute atomic E-state index is 13.8. The fourth-order valence-electron chi connectivity index (χ4n) is 13.4. The largest absolute Gasteiger partial charge is 0.481 e. The summed E-state index contributed by atoms with van der Waals surface area (Å²) < 4.78 is 0.472. The molecule has 0 bridgehead atoms. The third-order valence-corrected chi connectivity index (χ3v) is 19.2. The first kappa shape index (κ1) is 88.7. The van der Waals surface area contributed by atoms with Crippen molar-refractivity contribution < 1.29 is 63.3 Å². The van der Waals surface area contributed by atoms with E-state index in [0.29, 0.717) is 108 Å². The molecule has 0 radical (unpaired) electrons. The summed E-state index contributed by atoms with van der Waals surface area (Å²) in [6, 6.07) is 0. The smallest absolute Gasteiger partial charge is 0.304 e. The number of amides is 4. The molecule has 4 unspecified atom stereocenters. The number of carboxylic acids is 4. The molecule has 0 saturated carbocycles. The number of hydrogen-bond acceptors (Lipinski definition) is 8. The Morgan fingerprint density at radius 3 is 0.538 bits per heavy atom. The molecule has 0 aromatic carbocycles. The molecular weight excluding hydrogens is 1170 g/mol. The first-order valence-electron chi connectivity index (χ1n) is 38.9. The van der Waals surface area contributed by atoms with Gasteiger partial charge >= 0.3 is 23.9 Å². The van der Waals surface area contributed by atoms with E-state index in [1.807, 2.05) is 0 Å². The van der Waals surface area contributed by atoms with E-state index >= 15 is 0 Å². The summed E-state index contributed by atoms with van der Waals surface area (Å²) in [7, 11) is 0. The summed E-state index contributed by atoms with van der Waals surface area (Å²) >= 11 is 0. The number of hydrogen-bond donors (Lipinski definition) is 8. The lowest BCUT2D eigenvalue weighted by molar-refractivity contribution is -0.928. The van der Waals surface area contributed by atoms with Crippen LogP contribution in [0.2, 0.25) is 0 Å². The van der Waals surface area contributed by atoms with E-state index in [1.165, 1.54) is 154 Å². The van der Waals surface area contributed by atoms with Crippen molar-refractivity contribution in [1.82, 2.24) is 21.3 Å². The zero-order valence-corrected chi connectivity index (χ0v) is 60.2. The van der Waals surface area contributed by atoms with E-state index in [9.17, 15) is 58.8 Å². The fraction of sp³-hybridized carbons (Fsp3) is 0.895. The molecule has 0 fully saturated rings. The van der Waals surface area contributed by atoms with Gasteiger partial charge in [0.05, 0.1) is 51.9 Å². The maximum Gasteiger partial charge on any atom is 0.304 e. The monoisotopic (exact) mass is 1320 g/mol. The van der Waals surface area contributed by atoms with Crippen LogP contribution in [0.4, 0.5) is 0 Å². The molecule has 0 aromatic heterocycles. The van der Waals surface area contributed by atoms with E-state index in [2.05, 4.69) is 49.0 Å². The van der Waals surface area contributed by atoms with Gasteiger partial charge in [0.2, 0.25) is 23.6 Å². The quantitative estimate of drug-likeness (QED) is 0.0209. The van der Waals surface area contributed by atoms with Crippen molar-refractivity contribution in [2.24, 2.45) is 23.7 Å². The number of quaternary nitrogens is 1. The van der Waals surface area contributed by atoms with E-state index in [1.54, 1.807) is 0 Å². The number of nitrogens with zero attached hydrogens (tertiary/aromatic N) is 1. The second kappa shape index (κ2) is 63.8. The van der Waals surface area contributed by atoms with Crippen LogP contribution in [0, 0.1) is 23.7 Å². The molecule has 0 aromatic rings. The van der Waals surface area contributed by atoms with Crippen molar-refractivity contribution in [1.29, 1.82) is 0 Å². The molecule has 0 rings (SSSR count). The zero-order valence-electron chi connectivity index (χ0n) is 60.2. The van der Waals surface area contributed by atoms with Gasteiger partial charge < -0.3 is 46.2 Å². The molecule has 4 atom stereocenters. The van der Waals surface area contributed by atoms with Crippen molar-refractivity contribution >= 4 is 47.5 Å². The standard InChI is InChI=1S/C76H143N5O12/c1-5-9-13-17-21-25-29-33-37-41-49-65(61-69(82)83)73(90)77-53-45-57-81(58-46-54-78-74(91)66(62-70(84)85)50-42-38-34-30-26-22-18-14-10-6-2,59-47-55-79-75(92)67(63-71(86)87)51-43-39-35-31-27-23-19-15-11-7-3)60-48-56-80-76(93)68(64-72(88)89)52-44-40-36-32-28-24-20-16-12-8-4/h65-68H,5-64H2,1-4H3,(H7-,77,78,79,80,82,83,84,85,86,87,88,89,90,91,92,93)/p+1. The van der Waals surface area contributed by atoms with Crippen molar-refractivity contribution in [3.8, 4) is 0 Å². The highest BCUT2D eigenvalue weighted by Crippen LogP contribution is 2.23. The summed E-state index contributed by atoms with van der Waals surface area (Å²) in [6.45, 7) is 12.2. The molecule has 0 aliphatic carbocycles. The second-order valence-corrected chi connectivity index (χ2v) is 27.9. The Morgan fingerprint density at radius 2 is 0.387 bits per heavy atom. The molecule has 0 saturated heterocycles. The Labute approximate surface area is 567 Å². The van der Waals surface area contributed by atoms with Gasteiger partial charge in [0.1, 0.15) is 0 Å². The SMILES string of the molecule is CCCCCCCCCCCCC(CC(=O)O)C(=O)NCCC[N+](CCCNC(=O)C(CCCCCCCCCCCC)CC(=O)O)(CCCNC(=O)C(CCCCCCCCCCCC)CC(=O)O)CCCNC(=O)C(CCCCCCCCCCCC)CC(=O)O. The number of rotatable bonds is 72. The van der Waals surface area contributed by atoms with E-state index in [0.717, 1.165) is 103 Å². The van der Waals surface area contributed by atoms with Gasteiger partial charge in [0.15, 0.2) is 0 Å². The first-order chi connectivity index (χ1) is 45.0. The number of carbonyl (C=O) groups is 8. The third-order valence-electron chi connectivity index (χ3n) is 19.2. The van der Waals surface area contributed by atoms with Gasteiger partial charge in [-0.3, -0.25) is 38.4 Å². The summed E-state index contributed by atoms with van der Waals surface area (Å²) in [5.74, 6) is -7.83. The van der Waals surface area contributed by atoms with Gasteiger partial charge in [-0.2, -0.15) is 0 Å². The van der Waals surface area contributed by atoms with Crippen molar-refractivity contribution in [3.05, 3.63) is 0 Å². The predicted octanol–water partition coefficient (Wildman–Crippen LogP) is 17.4. The molecular formula is C76H144N5O12+. The van der Waals surface area contributed by atoms with E-state index in [-0.39, 0.29) is 49.3 Å². The molecule has 93 heavy (non-hydrogen) atoms. The van der Waals surface area contributed by atoms with E-state index < -0.39 is 47.5 Å². The molecule has 8 N–H and O–H groups in total. The lowest BCUT2D eigenvalue weighted by atomic mass is 9.96. The minimum atomic E-state index is -1.02. The molecule has 0 heterocycles. The second-order valence-electron chi connectivity index (χ2n) is 27.9. The third kappa shape index (κ3) is 55.5. The van der Waals surface area contributed by atoms with Crippen LogP contribution in [0.5, 0.6) is 0 Å². The Kier molecular flexibility index (Phi) is 60.8. The highest BCUT2D eigenvalue weighted by molar-refractivity contribution is 5.85. The van der Waals surface area contributed by atoms with Crippen LogP contribution in [0.15, 0.2) is 0 Å². The Bertz CT molecular complexity index is 1610. The summed E-state index contributed by atoms with van der Waals surface area (Å²) in [6.07, 6.45) is 48.4. The molecule has 0 spiro atoms. The van der Waals surface area contributed by atoms with Crippen LogP contribution >= 0.6 is 0 Å². The van der Waals surface area contributed by atoms with E-state index in [4.69, 9.17) is 0 Å². The maximum atomic E-state index is 13.8. The van der Waals surface area contributed by atoms with Crippen LogP contribution in [-0.2, 0) is 38.4 Å². The highest BCUT2D eigenvalue weighted by Gasteiger charge is 2.30. The van der Waals surface area contributed by atoms with Crippen LogP contribution in [-0.4, -0.2) is 125 Å². The van der Waals surface area contributed by atoms with Gasteiger partial charge in [0.25, 0.3) is 0 Å². The highest BCUT2D eigenvalue weighted by atomic mass is 16.4. The minimum Gasteiger partial charge on any atom is -0.481 e. The van der Waals surface area contributed by atoms with Crippen LogP contribution in [0.3, 0.4) is 0 Å². The number of nitrogens with one attached hydrogen (secondary N) is 4. The first-order valence-corrected chi connectivity index (χ1v) is 38.9. The number of carbonyl (C=O) groups excluding carboxylic acids is 4. The summed E-state index contributed by atoms with van der Waals surface area (Å²) in [5, 5.41) is 51.7. The molecule has 544 valence electrons. The Hall–Kier alpha value is -4.28. The molecule has 17 heteroatoms. The molecule has 4 amide bonds. The number of carboxylic acid groups (broad SMARTS) is 4. The molecule has 0 aliphatic rings. The molecule has 17 nitrogen and oxygen atoms in total. The number of aliphatic carboxylic acids is 4. The van der Waals surface area contributed by atoms with Crippen molar-refractivity contribution in [2.75, 3.05) is 52.4 Å². The van der Waals surface area contributed by atoms with Crippen molar-refractivity contribution in [3.63, 3.8) is 0 Å². The average Bonchev–Trinajstić information content (AvgIpc) is 2.02. The predicted molar refractivity (Wildman–Crippen MR) is 379 cm³/mol. The van der Waals surface area contributed by atoms with Gasteiger partial charge in [-0.05, 0) is 25.7 Å². The van der Waals surface area contributed by atoms with Crippen LogP contribution in [0.1, 0.15) is 362 Å². The lowest BCUT2D eigenvalue weighted by Gasteiger charge is -2.39. The van der Waals surface area contributed by atoms with Crippen LogP contribution in [0.25, 0.3) is 0 Å². The van der Waals surface area contributed by atoms with Gasteiger partial charge in [-0.1, -0.05) is 285 Å². The normalized spacial score (nSPS) is 13.4. The topological polar surface area (TPSA) is 266 Å². The van der Waals surface area contributed by atoms with Crippen molar-refractivity contribution in [2.45, 2.75) is 362 Å². The summed E-state index contributed by atoms with van der Waals surface area (Å²) in [4.78, 5) is 103. The minimum absolute atomic E-state index is 0.252. The van der Waals surface area contributed by atoms with Crippen LogP contribution < -0.4 is 21.3 Å².